The number of amides is 1. The van der Waals surface area contributed by atoms with E-state index < -0.39 is 0 Å². The summed E-state index contributed by atoms with van der Waals surface area (Å²) in [4.78, 5) is 18.1. The molecule has 2 N–H and O–H groups in total. The summed E-state index contributed by atoms with van der Waals surface area (Å²) < 4.78 is 1.57. The van der Waals surface area contributed by atoms with Crippen molar-refractivity contribution in [2.75, 3.05) is 25.5 Å². The molecule has 1 aromatic heterocycles. The number of hydrogen-bond acceptors (Lipinski definition) is 6. The predicted molar refractivity (Wildman–Crippen MR) is 93.1 cm³/mol. The predicted octanol–water partition coefficient (Wildman–Crippen LogP) is 1.23. The van der Waals surface area contributed by atoms with Crippen LogP contribution in [-0.2, 0) is 0 Å². The minimum Gasteiger partial charge on any atom is -0.388 e. The van der Waals surface area contributed by atoms with Crippen molar-refractivity contribution >= 4 is 11.6 Å². The lowest BCUT2D eigenvalue weighted by molar-refractivity contribution is 0.0935. The summed E-state index contributed by atoms with van der Waals surface area (Å²) in [5.41, 5.74) is 1.78. The molecule has 0 spiro atoms. The number of rotatable bonds is 5. The molecule has 0 bridgehead atoms. The van der Waals surface area contributed by atoms with Crippen LogP contribution in [0.5, 0.6) is 0 Å². The van der Waals surface area contributed by atoms with E-state index in [1.165, 1.54) is 6.33 Å². The molecular formula is C17H21N7O. The maximum absolute atomic E-state index is 12.3. The van der Waals surface area contributed by atoms with E-state index in [0.717, 1.165) is 24.3 Å². The number of hydrogen-bond donors (Lipinski definition) is 2. The first-order valence-electron chi connectivity index (χ1n) is 8.27. The van der Waals surface area contributed by atoms with Crippen molar-refractivity contribution in [1.29, 1.82) is 5.26 Å². The molecule has 0 saturated carbocycles. The molecule has 1 aliphatic heterocycles. The highest BCUT2D eigenvalue weighted by atomic mass is 16.2. The number of nitriles is 1. The Kier molecular flexibility index (Phi) is 4.84. The van der Waals surface area contributed by atoms with Crippen LogP contribution in [0.3, 0.4) is 0 Å². The van der Waals surface area contributed by atoms with Crippen LogP contribution >= 0.6 is 0 Å². The fraction of sp³-hybridized carbons (Fsp3) is 0.412. The van der Waals surface area contributed by atoms with Crippen molar-refractivity contribution in [2.24, 2.45) is 5.92 Å². The molecule has 1 aromatic carbocycles. The van der Waals surface area contributed by atoms with Gasteiger partial charge < -0.3 is 15.5 Å². The van der Waals surface area contributed by atoms with Crippen molar-refractivity contribution in [3.8, 4) is 11.9 Å². The molecule has 0 radical (unpaired) electrons. The van der Waals surface area contributed by atoms with Gasteiger partial charge in [-0.05, 0) is 37.5 Å². The van der Waals surface area contributed by atoms with E-state index in [0.29, 0.717) is 6.54 Å². The Morgan fingerprint density at radius 1 is 1.48 bits per heavy atom. The van der Waals surface area contributed by atoms with Gasteiger partial charge in [-0.1, -0.05) is 6.07 Å². The smallest absolute Gasteiger partial charge is 0.290 e. The van der Waals surface area contributed by atoms with E-state index in [4.69, 9.17) is 5.26 Å². The molecule has 25 heavy (non-hydrogen) atoms. The van der Waals surface area contributed by atoms with Crippen LogP contribution in [0, 0.1) is 17.4 Å². The van der Waals surface area contributed by atoms with Gasteiger partial charge in [0.05, 0.1) is 5.69 Å². The van der Waals surface area contributed by atoms with Gasteiger partial charge in [-0.2, -0.15) is 5.26 Å². The van der Waals surface area contributed by atoms with Gasteiger partial charge in [0.25, 0.3) is 5.91 Å². The average Bonchev–Trinajstić information content (AvgIpc) is 3.27. The van der Waals surface area contributed by atoms with Crippen LogP contribution < -0.4 is 10.6 Å². The highest BCUT2D eigenvalue weighted by Gasteiger charge is 2.30. The second-order valence-corrected chi connectivity index (χ2v) is 6.11. The molecule has 2 aromatic rings. The highest BCUT2D eigenvalue weighted by molar-refractivity contribution is 5.90. The minimum absolute atomic E-state index is 0.137. The zero-order valence-electron chi connectivity index (χ0n) is 14.3. The standard InChI is InChI=1S/C17H21N7O/c1-12-13(6-7-23(12)10-18)9-20-17(25)16-21-11-24(22-16)15-5-3-4-14(8-15)19-2/h3-5,8,11-13,19H,6-7,9H2,1-2H3,(H,20,25)/t12-,13-/m1/s1. The third kappa shape index (κ3) is 3.55. The molecule has 8 heteroatoms. The van der Waals surface area contributed by atoms with Crippen LogP contribution in [-0.4, -0.2) is 51.8 Å². The van der Waals surface area contributed by atoms with Crippen LogP contribution in [0.25, 0.3) is 5.69 Å². The number of anilines is 1. The van der Waals surface area contributed by atoms with Crippen molar-refractivity contribution < 1.29 is 4.79 Å². The first kappa shape index (κ1) is 16.8. The number of carbonyl (C=O) groups excluding carboxylic acids is 1. The Bertz CT molecular complexity index is 794. The molecule has 1 aliphatic rings. The molecule has 130 valence electrons. The zero-order valence-corrected chi connectivity index (χ0v) is 14.3. The van der Waals surface area contributed by atoms with Gasteiger partial charge in [0.15, 0.2) is 6.19 Å². The lowest BCUT2D eigenvalue weighted by Gasteiger charge is -2.19. The number of benzene rings is 1. The number of nitrogens with zero attached hydrogens (tertiary/aromatic N) is 5. The van der Waals surface area contributed by atoms with Crippen LogP contribution in [0.15, 0.2) is 30.6 Å². The van der Waals surface area contributed by atoms with Crippen LogP contribution in [0.2, 0.25) is 0 Å². The molecule has 0 aliphatic carbocycles. The Labute approximate surface area is 146 Å². The molecule has 3 rings (SSSR count). The maximum atomic E-state index is 12.3. The molecule has 2 atom stereocenters. The summed E-state index contributed by atoms with van der Waals surface area (Å²) >= 11 is 0. The topological polar surface area (TPSA) is 98.9 Å². The van der Waals surface area contributed by atoms with E-state index in [1.54, 1.807) is 9.58 Å². The SMILES string of the molecule is CNc1cccc(-n2cnc(C(=O)NC[C@H]3CCN(C#N)[C@@H]3C)n2)c1. The fourth-order valence-corrected chi connectivity index (χ4v) is 3.02. The molecule has 1 amide bonds. The minimum atomic E-state index is -0.300. The third-order valence-corrected chi connectivity index (χ3v) is 4.66. The van der Waals surface area contributed by atoms with Gasteiger partial charge in [-0.15, -0.1) is 5.10 Å². The van der Waals surface area contributed by atoms with E-state index in [9.17, 15) is 4.79 Å². The number of nitrogens with one attached hydrogen (secondary N) is 2. The molecule has 1 saturated heterocycles. The Morgan fingerprint density at radius 2 is 2.32 bits per heavy atom. The zero-order chi connectivity index (χ0) is 17.8. The quantitative estimate of drug-likeness (QED) is 0.795. The van der Waals surface area contributed by atoms with Crippen LogP contribution in [0.4, 0.5) is 5.69 Å². The molecule has 2 heterocycles. The van der Waals surface area contributed by atoms with Gasteiger partial charge in [-0.25, -0.2) is 9.67 Å². The molecule has 0 unspecified atom stereocenters. The summed E-state index contributed by atoms with van der Waals surface area (Å²) in [6.07, 6.45) is 4.60. The molecule has 8 nitrogen and oxygen atoms in total. The first-order chi connectivity index (χ1) is 12.1. The summed E-state index contributed by atoms with van der Waals surface area (Å²) in [7, 11) is 1.84. The van der Waals surface area contributed by atoms with Crippen molar-refractivity contribution in [3.05, 3.63) is 36.4 Å². The normalized spacial score (nSPS) is 19.5. The number of likely N-dealkylation sites (tertiary alicyclic amines) is 1. The Balaban J connectivity index is 1.62. The van der Waals surface area contributed by atoms with Crippen LogP contribution in [0.1, 0.15) is 24.0 Å². The van der Waals surface area contributed by atoms with E-state index in [2.05, 4.69) is 26.9 Å². The van der Waals surface area contributed by atoms with E-state index >= 15 is 0 Å². The van der Waals surface area contributed by atoms with Crippen molar-refractivity contribution in [2.45, 2.75) is 19.4 Å². The number of carbonyl (C=O) groups is 1. The lowest BCUT2D eigenvalue weighted by atomic mass is 10.0. The summed E-state index contributed by atoms with van der Waals surface area (Å²) in [6, 6.07) is 7.81. The average molecular weight is 339 g/mol. The highest BCUT2D eigenvalue weighted by Crippen LogP contribution is 2.22. The lowest BCUT2D eigenvalue weighted by Crippen LogP contribution is -2.35. The second kappa shape index (κ2) is 7.21. The largest absolute Gasteiger partial charge is 0.388 e. The van der Waals surface area contributed by atoms with Gasteiger partial charge in [0.1, 0.15) is 6.33 Å². The molecule has 1 fully saturated rings. The van der Waals surface area contributed by atoms with E-state index in [-0.39, 0.29) is 23.7 Å². The van der Waals surface area contributed by atoms with Gasteiger partial charge in [0.2, 0.25) is 5.82 Å². The van der Waals surface area contributed by atoms with Gasteiger partial charge in [0, 0.05) is 31.9 Å². The maximum Gasteiger partial charge on any atom is 0.290 e. The first-order valence-corrected chi connectivity index (χ1v) is 8.27. The third-order valence-electron chi connectivity index (χ3n) is 4.66. The van der Waals surface area contributed by atoms with E-state index in [1.807, 2.05) is 38.2 Å². The van der Waals surface area contributed by atoms with Gasteiger partial charge in [-0.3, -0.25) is 4.79 Å². The fourth-order valence-electron chi connectivity index (χ4n) is 3.02. The molecular weight excluding hydrogens is 318 g/mol. The van der Waals surface area contributed by atoms with Gasteiger partial charge >= 0.3 is 0 Å². The monoisotopic (exact) mass is 339 g/mol. The Hall–Kier alpha value is -3.08. The Morgan fingerprint density at radius 3 is 3.04 bits per heavy atom. The second-order valence-electron chi connectivity index (χ2n) is 6.11. The van der Waals surface area contributed by atoms with Crippen molar-refractivity contribution in [1.82, 2.24) is 25.0 Å². The summed E-state index contributed by atoms with van der Waals surface area (Å²) in [5, 5.41) is 19.2. The number of aromatic nitrogens is 3. The van der Waals surface area contributed by atoms with Crippen molar-refractivity contribution in [3.63, 3.8) is 0 Å². The summed E-state index contributed by atoms with van der Waals surface area (Å²) in [6.45, 7) is 3.27. The summed E-state index contributed by atoms with van der Waals surface area (Å²) in [5.74, 6) is 0.0989.